The van der Waals surface area contributed by atoms with Gasteiger partial charge >= 0.3 is 0 Å². The van der Waals surface area contributed by atoms with E-state index < -0.39 is 5.60 Å². The summed E-state index contributed by atoms with van der Waals surface area (Å²) >= 11 is 2.31. The molecule has 0 amide bonds. The summed E-state index contributed by atoms with van der Waals surface area (Å²) in [7, 11) is 0. The van der Waals surface area contributed by atoms with Gasteiger partial charge in [0.05, 0.1) is 5.60 Å². The van der Waals surface area contributed by atoms with Gasteiger partial charge in [0.1, 0.15) is 0 Å². The fraction of sp³-hybridized carbons (Fsp3) is 0.571. The number of hydrogen-bond donors (Lipinski definition) is 1. The van der Waals surface area contributed by atoms with E-state index >= 15 is 0 Å². The molecule has 0 aromatic heterocycles. The minimum absolute atomic E-state index is 0.454. The van der Waals surface area contributed by atoms with Crippen LogP contribution in [0, 0.1) is 9.49 Å². The number of hydrogen-bond acceptors (Lipinski definition) is 1. The molecular formula is C14H19IO. The molecule has 1 aliphatic carbocycles. The first-order valence-corrected chi connectivity index (χ1v) is 7.12. The van der Waals surface area contributed by atoms with E-state index in [0.29, 0.717) is 5.92 Å². The maximum atomic E-state index is 10.6. The van der Waals surface area contributed by atoms with Gasteiger partial charge in [0.25, 0.3) is 0 Å². The maximum absolute atomic E-state index is 10.6. The van der Waals surface area contributed by atoms with Crippen LogP contribution >= 0.6 is 22.6 Å². The minimum Gasteiger partial charge on any atom is -0.390 e. The van der Waals surface area contributed by atoms with Crippen molar-refractivity contribution >= 4 is 22.6 Å². The zero-order chi connectivity index (χ0) is 11.6. The smallest absolute Gasteiger partial charge is 0.0690 e. The van der Waals surface area contributed by atoms with Crippen molar-refractivity contribution in [1.82, 2.24) is 0 Å². The third-order valence-corrected chi connectivity index (χ3v) is 4.23. The molecule has 0 saturated heterocycles. The second-order valence-corrected chi connectivity index (χ2v) is 6.47. The first-order chi connectivity index (χ1) is 7.57. The highest BCUT2D eigenvalue weighted by atomic mass is 127. The van der Waals surface area contributed by atoms with Crippen LogP contribution in [0.15, 0.2) is 24.3 Å². The summed E-state index contributed by atoms with van der Waals surface area (Å²) in [6, 6.07) is 8.51. The Morgan fingerprint density at radius 3 is 2.69 bits per heavy atom. The molecule has 2 rings (SSSR count). The summed E-state index contributed by atoms with van der Waals surface area (Å²) in [5, 5.41) is 10.6. The van der Waals surface area contributed by atoms with Crippen molar-refractivity contribution < 1.29 is 5.11 Å². The van der Waals surface area contributed by atoms with Gasteiger partial charge in [-0.1, -0.05) is 31.9 Å². The quantitative estimate of drug-likeness (QED) is 0.819. The van der Waals surface area contributed by atoms with Crippen molar-refractivity contribution in [3.8, 4) is 0 Å². The van der Waals surface area contributed by atoms with Crippen LogP contribution in [0.2, 0.25) is 0 Å². The van der Waals surface area contributed by atoms with Crippen molar-refractivity contribution in [3.63, 3.8) is 0 Å². The average Bonchev–Trinajstić information content (AvgIpc) is 2.21. The van der Waals surface area contributed by atoms with Crippen LogP contribution in [-0.4, -0.2) is 10.7 Å². The molecule has 88 valence electrons. The summed E-state index contributed by atoms with van der Waals surface area (Å²) in [4.78, 5) is 0. The largest absolute Gasteiger partial charge is 0.390 e. The lowest BCUT2D eigenvalue weighted by molar-refractivity contribution is -0.0123. The Morgan fingerprint density at radius 1 is 1.38 bits per heavy atom. The zero-order valence-electron chi connectivity index (χ0n) is 9.75. The Balaban J connectivity index is 2.05. The molecule has 2 heteroatoms. The third-order valence-electron chi connectivity index (χ3n) is 3.51. The minimum atomic E-state index is -0.454. The van der Waals surface area contributed by atoms with Crippen LogP contribution < -0.4 is 0 Å². The van der Waals surface area contributed by atoms with Crippen molar-refractivity contribution in [3.05, 3.63) is 33.4 Å². The topological polar surface area (TPSA) is 20.2 Å². The van der Waals surface area contributed by atoms with E-state index in [4.69, 9.17) is 0 Å². The molecule has 2 atom stereocenters. The van der Waals surface area contributed by atoms with Gasteiger partial charge in [-0.05, 0) is 59.0 Å². The van der Waals surface area contributed by atoms with Crippen LogP contribution in [0.3, 0.4) is 0 Å². The van der Waals surface area contributed by atoms with Gasteiger partial charge in [-0.25, -0.2) is 0 Å². The van der Waals surface area contributed by atoms with Crippen LogP contribution in [0.5, 0.6) is 0 Å². The predicted molar refractivity (Wildman–Crippen MR) is 75.4 cm³/mol. The average molecular weight is 330 g/mol. The molecule has 0 spiro atoms. The van der Waals surface area contributed by atoms with Gasteiger partial charge < -0.3 is 5.11 Å². The third kappa shape index (κ3) is 3.20. The van der Waals surface area contributed by atoms with Gasteiger partial charge in [-0.15, -0.1) is 0 Å². The van der Waals surface area contributed by atoms with Crippen LogP contribution in [-0.2, 0) is 6.42 Å². The first kappa shape index (κ1) is 12.4. The van der Waals surface area contributed by atoms with Gasteiger partial charge in [0.15, 0.2) is 0 Å². The van der Waals surface area contributed by atoms with Gasteiger partial charge in [0, 0.05) is 9.99 Å². The second kappa shape index (κ2) is 5.05. The number of rotatable bonds is 2. The molecule has 1 fully saturated rings. The molecule has 0 aliphatic heterocycles. The lowest BCUT2D eigenvalue weighted by Crippen LogP contribution is -2.36. The normalized spacial score (nSPS) is 30.3. The molecule has 0 radical (unpaired) electrons. The lowest BCUT2D eigenvalue weighted by atomic mass is 9.76. The summed E-state index contributed by atoms with van der Waals surface area (Å²) in [5.41, 5.74) is 0.807. The summed E-state index contributed by atoms with van der Waals surface area (Å²) in [6.45, 7) is 2.25. The zero-order valence-corrected chi connectivity index (χ0v) is 11.9. The fourth-order valence-corrected chi connectivity index (χ4v) is 3.13. The van der Waals surface area contributed by atoms with Gasteiger partial charge in [0.2, 0.25) is 0 Å². The van der Waals surface area contributed by atoms with Crippen molar-refractivity contribution in [2.24, 2.45) is 5.92 Å². The Bertz CT molecular complexity index is 346. The molecular weight excluding hydrogens is 311 g/mol. The molecule has 1 aromatic rings. The summed E-state index contributed by atoms with van der Waals surface area (Å²) in [5.74, 6) is 0.669. The van der Waals surface area contributed by atoms with Crippen molar-refractivity contribution in [2.45, 2.75) is 44.6 Å². The van der Waals surface area contributed by atoms with E-state index in [9.17, 15) is 5.11 Å². The van der Waals surface area contributed by atoms with E-state index in [-0.39, 0.29) is 0 Å². The van der Waals surface area contributed by atoms with Crippen LogP contribution in [0.25, 0.3) is 0 Å². The Morgan fingerprint density at radius 2 is 2.06 bits per heavy atom. The molecule has 0 bridgehead atoms. The molecule has 16 heavy (non-hydrogen) atoms. The predicted octanol–water partition coefficient (Wildman–Crippen LogP) is 3.77. The van der Waals surface area contributed by atoms with E-state index in [1.165, 1.54) is 22.0 Å². The molecule has 0 heterocycles. The Labute approximate surface area is 111 Å². The molecule has 1 aliphatic rings. The van der Waals surface area contributed by atoms with Crippen molar-refractivity contribution in [2.75, 3.05) is 0 Å². The molecule has 1 nitrogen and oxygen atoms in total. The maximum Gasteiger partial charge on any atom is 0.0690 e. The molecule has 2 unspecified atom stereocenters. The summed E-state index contributed by atoms with van der Waals surface area (Å²) in [6.07, 6.45) is 5.17. The second-order valence-electron chi connectivity index (χ2n) is 5.23. The highest BCUT2D eigenvalue weighted by Gasteiger charge is 2.32. The van der Waals surface area contributed by atoms with Crippen LogP contribution in [0.1, 0.15) is 38.2 Å². The number of benzene rings is 1. The van der Waals surface area contributed by atoms with E-state index in [0.717, 1.165) is 19.3 Å². The SMILES string of the molecule is CC1CCCC(O)(Cc2ccc(I)cc2)C1. The molecule has 1 aromatic carbocycles. The van der Waals surface area contributed by atoms with Crippen molar-refractivity contribution in [1.29, 1.82) is 0 Å². The summed E-state index contributed by atoms with van der Waals surface area (Å²) < 4.78 is 1.25. The molecule has 1 saturated carbocycles. The van der Waals surface area contributed by atoms with Gasteiger partial charge in [-0.3, -0.25) is 0 Å². The number of aliphatic hydroxyl groups is 1. The van der Waals surface area contributed by atoms with Gasteiger partial charge in [-0.2, -0.15) is 0 Å². The monoisotopic (exact) mass is 330 g/mol. The van der Waals surface area contributed by atoms with E-state index in [2.05, 4.69) is 53.8 Å². The van der Waals surface area contributed by atoms with Crippen LogP contribution in [0.4, 0.5) is 0 Å². The fourth-order valence-electron chi connectivity index (χ4n) is 2.78. The highest BCUT2D eigenvalue weighted by Crippen LogP contribution is 2.34. The van der Waals surface area contributed by atoms with E-state index in [1.54, 1.807) is 0 Å². The number of halogens is 1. The Kier molecular flexibility index (Phi) is 3.90. The molecule has 1 N–H and O–H groups in total. The Hall–Kier alpha value is -0.0900. The van der Waals surface area contributed by atoms with E-state index in [1.807, 2.05) is 0 Å². The first-order valence-electron chi connectivity index (χ1n) is 6.04. The lowest BCUT2D eigenvalue weighted by Gasteiger charge is -2.35. The standard InChI is InChI=1S/C14H19IO/c1-11-3-2-8-14(16,9-11)10-12-4-6-13(15)7-5-12/h4-7,11,16H,2-3,8-10H2,1H3. The highest BCUT2D eigenvalue weighted by molar-refractivity contribution is 14.1.